The Kier molecular flexibility index (Phi) is 6.74. The minimum Gasteiger partial charge on any atom is -0.468 e. The first-order chi connectivity index (χ1) is 10.3. The number of nitrogens with one attached hydrogen (secondary N) is 1. The predicted octanol–water partition coefficient (Wildman–Crippen LogP) is 3.68. The van der Waals surface area contributed by atoms with Gasteiger partial charge in [0, 0.05) is 6.54 Å². The van der Waals surface area contributed by atoms with E-state index in [1.165, 1.54) is 51.2 Å². The largest absolute Gasteiger partial charge is 0.468 e. The van der Waals surface area contributed by atoms with E-state index in [1.807, 2.05) is 18.2 Å². The van der Waals surface area contributed by atoms with Gasteiger partial charge in [0.15, 0.2) is 0 Å². The van der Waals surface area contributed by atoms with Crippen molar-refractivity contribution in [3.63, 3.8) is 0 Å². The second-order valence-electron chi connectivity index (χ2n) is 6.04. The first kappa shape index (κ1) is 16.0. The topological polar surface area (TPSA) is 38.3 Å². The summed E-state index contributed by atoms with van der Waals surface area (Å²) in [7, 11) is 1.48. The number of methoxy groups -OCH3 is 1. The highest BCUT2D eigenvalue weighted by molar-refractivity contribution is 5.75. The number of ether oxygens (including phenoxy) is 1. The SMILES string of the molecule is COC(=O)[C@H](CC1CCCCCC1)NCc1ccccc1. The third kappa shape index (κ3) is 5.50. The molecule has 1 aliphatic carbocycles. The highest BCUT2D eigenvalue weighted by Gasteiger charge is 2.24. The molecule has 3 heteroatoms. The first-order valence-corrected chi connectivity index (χ1v) is 8.14. The Morgan fingerprint density at radius 1 is 1.19 bits per heavy atom. The van der Waals surface area contributed by atoms with Crippen molar-refractivity contribution < 1.29 is 9.53 Å². The van der Waals surface area contributed by atoms with Gasteiger partial charge < -0.3 is 10.1 Å². The molecule has 0 radical (unpaired) electrons. The third-order valence-corrected chi connectivity index (χ3v) is 4.42. The van der Waals surface area contributed by atoms with Crippen molar-refractivity contribution in [3.05, 3.63) is 35.9 Å². The van der Waals surface area contributed by atoms with E-state index in [1.54, 1.807) is 0 Å². The van der Waals surface area contributed by atoms with Gasteiger partial charge in [0.1, 0.15) is 6.04 Å². The molecule has 0 aliphatic heterocycles. The number of esters is 1. The third-order valence-electron chi connectivity index (χ3n) is 4.42. The minimum atomic E-state index is -0.182. The Morgan fingerprint density at radius 2 is 1.86 bits per heavy atom. The zero-order valence-electron chi connectivity index (χ0n) is 13.0. The maximum Gasteiger partial charge on any atom is 0.322 e. The lowest BCUT2D eigenvalue weighted by molar-refractivity contribution is -0.143. The maximum absolute atomic E-state index is 12.0. The van der Waals surface area contributed by atoms with Crippen LogP contribution in [0.15, 0.2) is 30.3 Å². The first-order valence-electron chi connectivity index (χ1n) is 8.14. The molecule has 0 amide bonds. The molecular formula is C18H27NO2. The van der Waals surface area contributed by atoms with Crippen LogP contribution in [-0.2, 0) is 16.1 Å². The molecule has 0 heterocycles. The van der Waals surface area contributed by atoms with Crippen LogP contribution in [0.5, 0.6) is 0 Å². The monoisotopic (exact) mass is 289 g/mol. The number of carbonyl (C=O) groups excluding carboxylic acids is 1. The second kappa shape index (κ2) is 8.83. The van der Waals surface area contributed by atoms with Crippen LogP contribution in [0.1, 0.15) is 50.5 Å². The summed E-state index contributed by atoms with van der Waals surface area (Å²) in [6.45, 7) is 0.716. The highest BCUT2D eigenvalue weighted by Crippen LogP contribution is 2.26. The van der Waals surface area contributed by atoms with Gasteiger partial charge in [0.25, 0.3) is 0 Å². The Hall–Kier alpha value is -1.35. The smallest absolute Gasteiger partial charge is 0.322 e. The zero-order chi connectivity index (χ0) is 14.9. The van der Waals surface area contributed by atoms with Gasteiger partial charge in [0.2, 0.25) is 0 Å². The molecule has 0 aromatic heterocycles. The van der Waals surface area contributed by atoms with Gasteiger partial charge in [0.05, 0.1) is 7.11 Å². The fraction of sp³-hybridized carbons (Fsp3) is 0.611. The van der Waals surface area contributed by atoms with Crippen LogP contribution in [0, 0.1) is 5.92 Å². The van der Waals surface area contributed by atoms with E-state index >= 15 is 0 Å². The molecule has 116 valence electrons. The molecule has 1 aromatic rings. The number of hydrogen-bond acceptors (Lipinski definition) is 3. The molecule has 1 fully saturated rings. The Balaban J connectivity index is 1.89. The summed E-state index contributed by atoms with van der Waals surface area (Å²) in [5.41, 5.74) is 1.20. The summed E-state index contributed by atoms with van der Waals surface area (Å²) in [5, 5.41) is 3.38. The van der Waals surface area contributed by atoms with E-state index < -0.39 is 0 Å². The molecule has 0 unspecified atom stereocenters. The van der Waals surface area contributed by atoms with E-state index in [2.05, 4.69) is 17.4 Å². The van der Waals surface area contributed by atoms with Gasteiger partial charge in [-0.1, -0.05) is 68.9 Å². The van der Waals surface area contributed by atoms with Crippen molar-refractivity contribution in [2.24, 2.45) is 5.92 Å². The van der Waals surface area contributed by atoms with Crippen molar-refractivity contribution in [3.8, 4) is 0 Å². The van der Waals surface area contributed by atoms with Crippen LogP contribution >= 0.6 is 0 Å². The summed E-state index contributed by atoms with van der Waals surface area (Å²) in [6.07, 6.45) is 8.70. The van der Waals surface area contributed by atoms with Crippen LogP contribution in [0.25, 0.3) is 0 Å². The van der Waals surface area contributed by atoms with Crippen LogP contribution < -0.4 is 5.32 Å². The molecule has 1 atom stereocenters. The zero-order valence-corrected chi connectivity index (χ0v) is 13.0. The molecule has 1 aliphatic rings. The van der Waals surface area contributed by atoms with Gasteiger partial charge >= 0.3 is 5.97 Å². The Morgan fingerprint density at radius 3 is 2.48 bits per heavy atom. The molecule has 0 spiro atoms. The Bertz CT molecular complexity index is 410. The normalized spacial score (nSPS) is 18.0. The van der Waals surface area contributed by atoms with Gasteiger partial charge in [-0.25, -0.2) is 0 Å². The molecule has 1 saturated carbocycles. The van der Waals surface area contributed by atoms with Gasteiger partial charge in [-0.2, -0.15) is 0 Å². The lowest BCUT2D eigenvalue weighted by atomic mass is 9.92. The van der Waals surface area contributed by atoms with Crippen molar-refractivity contribution in [1.82, 2.24) is 5.32 Å². The molecule has 1 N–H and O–H groups in total. The van der Waals surface area contributed by atoms with Gasteiger partial charge in [-0.3, -0.25) is 4.79 Å². The Labute approximate surface area is 128 Å². The summed E-state index contributed by atoms with van der Waals surface area (Å²) >= 11 is 0. The predicted molar refractivity (Wildman–Crippen MR) is 84.9 cm³/mol. The number of carbonyl (C=O) groups is 1. The summed E-state index contributed by atoms with van der Waals surface area (Å²) in [6, 6.07) is 10.0. The molecule has 0 saturated heterocycles. The van der Waals surface area contributed by atoms with E-state index in [4.69, 9.17) is 4.74 Å². The molecule has 3 nitrogen and oxygen atoms in total. The molecule has 1 aromatic carbocycles. The van der Waals surface area contributed by atoms with E-state index in [-0.39, 0.29) is 12.0 Å². The van der Waals surface area contributed by atoms with Crippen molar-refractivity contribution >= 4 is 5.97 Å². The minimum absolute atomic E-state index is 0.129. The summed E-state index contributed by atoms with van der Waals surface area (Å²) in [4.78, 5) is 12.0. The van der Waals surface area contributed by atoms with Crippen LogP contribution in [0.3, 0.4) is 0 Å². The van der Waals surface area contributed by atoms with E-state index in [0.29, 0.717) is 12.5 Å². The standard InChI is InChI=1S/C18H27NO2/c1-21-18(20)17(13-15-9-5-2-3-6-10-15)19-14-16-11-7-4-8-12-16/h4,7-8,11-12,15,17,19H,2-3,5-6,9-10,13-14H2,1H3/t17-/m0/s1. The van der Waals surface area contributed by atoms with Crippen LogP contribution in [0.2, 0.25) is 0 Å². The van der Waals surface area contributed by atoms with Crippen molar-refractivity contribution in [2.45, 2.75) is 57.5 Å². The number of hydrogen-bond donors (Lipinski definition) is 1. The molecule has 2 rings (SSSR count). The summed E-state index contributed by atoms with van der Waals surface area (Å²) in [5.74, 6) is 0.523. The van der Waals surface area contributed by atoms with Gasteiger partial charge in [-0.05, 0) is 17.9 Å². The molecule has 0 bridgehead atoms. The quantitative estimate of drug-likeness (QED) is 0.641. The second-order valence-corrected chi connectivity index (χ2v) is 6.04. The summed E-state index contributed by atoms with van der Waals surface area (Å²) < 4.78 is 4.97. The highest BCUT2D eigenvalue weighted by atomic mass is 16.5. The van der Waals surface area contributed by atoms with Gasteiger partial charge in [-0.15, -0.1) is 0 Å². The average Bonchev–Trinajstić information content (AvgIpc) is 2.80. The van der Waals surface area contributed by atoms with E-state index in [9.17, 15) is 4.79 Å². The fourth-order valence-electron chi connectivity index (χ4n) is 3.18. The van der Waals surface area contributed by atoms with Crippen molar-refractivity contribution in [2.75, 3.05) is 7.11 Å². The molecule has 21 heavy (non-hydrogen) atoms. The fourth-order valence-corrected chi connectivity index (χ4v) is 3.18. The number of rotatable bonds is 6. The van der Waals surface area contributed by atoms with E-state index in [0.717, 1.165) is 6.42 Å². The lowest BCUT2D eigenvalue weighted by Gasteiger charge is -2.22. The van der Waals surface area contributed by atoms with Crippen molar-refractivity contribution in [1.29, 1.82) is 0 Å². The van der Waals surface area contributed by atoms with Crippen LogP contribution in [0.4, 0.5) is 0 Å². The maximum atomic E-state index is 12.0. The molecular weight excluding hydrogens is 262 g/mol. The number of benzene rings is 1. The van der Waals surface area contributed by atoms with Crippen LogP contribution in [-0.4, -0.2) is 19.1 Å². The lowest BCUT2D eigenvalue weighted by Crippen LogP contribution is -2.38. The average molecular weight is 289 g/mol.